The van der Waals surface area contributed by atoms with Gasteiger partial charge in [-0.2, -0.15) is 0 Å². The van der Waals surface area contributed by atoms with Gasteiger partial charge in [0, 0.05) is 32.7 Å². The lowest BCUT2D eigenvalue weighted by Gasteiger charge is -2.22. The van der Waals surface area contributed by atoms with Crippen molar-refractivity contribution in [2.45, 2.75) is 20.0 Å². The molecule has 32 heavy (non-hydrogen) atoms. The Morgan fingerprint density at radius 2 is 1.03 bits per heavy atom. The number of rotatable bonds is 19. The molecule has 1 N–H and O–H groups in total. The number of aliphatic hydroxyl groups is 1. The highest BCUT2D eigenvalue weighted by Crippen LogP contribution is 2.05. The van der Waals surface area contributed by atoms with Crippen molar-refractivity contribution < 1.29 is 19.3 Å². The van der Waals surface area contributed by atoms with Crippen LogP contribution in [0.1, 0.15) is 18.1 Å². The normalized spacial score (nSPS) is 11.5. The summed E-state index contributed by atoms with van der Waals surface area (Å²) in [5.74, 6) is 0. The van der Waals surface area contributed by atoms with E-state index >= 15 is 0 Å². The minimum Gasteiger partial charge on any atom is -0.394 e. The Bertz CT molecular complexity index is 672. The van der Waals surface area contributed by atoms with Gasteiger partial charge in [-0.3, -0.25) is 9.80 Å². The van der Waals surface area contributed by atoms with Crippen LogP contribution in [0.15, 0.2) is 60.7 Å². The molecule has 0 radical (unpaired) electrons. The number of hydrogen-bond acceptors (Lipinski definition) is 6. The minimum atomic E-state index is 0.0596. The van der Waals surface area contributed by atoms with Crippen LogP contribution in [0.5, 0.6) is 0 Å². The first-order chi connectivity index (χ1) is 15.8. The average molecular weight is 445 g/mol. The van der Waals surface area contributed by atoms with Gasteiger partial charge in [-0.05, 0) is 17.7 Å². The van der Waals surface area contributed by atoms with E-state index in [1.807, 2.05) is 6.07 Å². The monoisotopic (exact) mass is 444 g/mol. The van der Waals surface area contributed by atoms with Crippen molar-refractivity contribution in [1.29, 1.82) is 0 Å². The molecule has 178 valence electrons. The molecule has 0 saturated heterocycles. The van der Waals surface area contributed by atoms with Crippen molar-refractivity contribution in [3.8, 4) is 0 Å². The van der Waals surface area contributed by atoms with E-state index in [0.29, 0.717) is 39.6 Å². The summed E-state index contributed by atoms with van der Waals surface area (Å²) < 4.78 is 17.0. The number of likely N-dealkylation sites (N-methyl/N-ethyl adjacent to an activating group) is 1. The molecule has 0 heterocycles. The molecular weight excluding hydrogens is 404 g/mol. The van der Waals surface area contributed by atoms with Crippen molar-refractivity contribution in [1.82, 2.24) is 9.80 Å². The molecule has 0 fully saturated rings. The molecule has 0 bridgehead atoms. The Hall–Kier alpha value is -1.80. The van der Waals surface area contributed by atoms with Crippen LogP contribution in [0.4, 0.5) is 0 Å². The van der Waals surface area contributed by atoms with Gasteiger partial charge >= 0.3 is 0 Å². The molecule has 0 aliphatic rings. The van der Waals surface area contributed by atoms with Crippen molar-refractivity contribution in [3.05, 3.63) is 71.8 Å². The van der Waals surface area contributed by atoms with Crippen LogP contribution in [-0.2, 0) is 27.3 Å². The summed E-state index contributed by atoms with van der Waals surface area (Å²) in [6.07, 6.45) is 0. The maximum Gasteiger partial charge on any atom is 0.0701 e. The predicted molar refractivity (Wildman–Crippen MR) is 129 cm³/mol. The smallest absolute Gasteiger partial charge is 0.0701 e. The van der Waals surface area contributed by atoms with Gasteiger partial charge in [0.1, 0.15) is 0 Å². The van der Waals surface area contributed by atoms with Crippen molar-refractivity contribution in [2.24, 2.45) is 0 Å². The van der Waals surface area contributed by atoms with Crippen molar-refractivity contribution >= 4 is 0 Å². The lowest BCUT2D eigenvalue weighted by Crippen LogP contribution is -2.31. The topological polar surface area (TPSA) is 54.4 Å². The van der Waals surface area contributed by atoms with E-state index in [1.54, 1.807) is 0 Å². The number of aliphatic hydroxyl groups excluding tert-OH is 1. The van der Waals surface area contributed by atoms with Crippen molar-refractivity contribution in [2.75, 3.05) is 72.4 Å². The fourth-order valence-electron chi connectivity index (χ4n) is 3.37. The Balaban J connectivity index is 1.56. The van der Waals surface area contributed by atoms with Crippen molar-refractivity contribution in [3.63, 3.8) is 0 Å². The standard InChI is InChI=1S/C26H40N2O4/c1-2-27(23-25-9-5-3-6-10-25)13-17-31-21-22-32-19-15-28(14-18-30-20-16-29)24-26-11-7-4-8-12-26/h3-12,29H,2,13-24H2,1H3. The largest absolute Gasteiger partial charge is 0.394 e. The summed E-state index contributed by atoms with van der Waals surface area (Å²) >= 11 is 0. The highest BCUT2D eigenvalue weighted by atomic mass is 16.5. The highest BCUT2D eigenvalue weighted by molar-refractivity contribution is 5.15. The molecule has 2 rings (SSSR count). The van der Waals surface area contributed by atoms with E-state index < -0.39 is 0 Å². The predicted octanol–water partition coefficient (Wildman–Crippen LogP) is 3.05. The number of benzene rings is 2. The summed E-state index contributed by atoms with van der Waals surface area (Å²) in [5.41, 5.74) is 2.61. The molecule has 6 heteroatoms. The van der Waals surface area contributed by atoms with Gasteiger partial charge in [-0.25, -0.2) is 0 Å². The van der Waals surface area contributed by atoms with E-state index in [1.165, 1.54) is 11.1 Å². The lowest BCUT2D eigenvalue weighted by atomic mass is 10.2. The SMILES string of the molecule is CCN(CCOCCOCCN(CCOCCO)Cc1ccccc1)Cc1ccccc1. The Morgan fingerprint density at radius 3 is 1.50 bits per heavy atom. The highest BCUT2D eigenvalue weighted by Gasteiger charge is 2.07. The summed E-state index contributed by atoms with van der Waals surface area (Å²) in [6.45, 7) is 11.2. The van der Waals surface area contributed by atoms with Crippen LogP contribution in [0.2, 0.25) is 0 Å². The Labute approximate surface area is 193 Å². The summed E-state index contributed by atoms with van der Waals surface area (Å²) in [4.78, 5) is 4.70. The second-order valence-electron chi connectivity index (χ2n) is 7.68. The molecule has 0 aliphatic carbocycles. The first kappa shape index (κ1) is 26.5. The average Bonchev–Trinajstić information content (AvgIpc) is 2.83. The van der Waals surface area contributed by atoms with Gasteiger partial charge in [-0.15, -0.1) is 0 Å². The number of nitrogens with zero attached hydrogens (tertiary/aromatic N) is 2. The van der Waals surface area contributed by atoms with Crippen LogP contribution >= 0.6 is 0 Å². The number of hydrogen-bond donors (Lipinski definition) is 1. The third kappa shape index (κ3) is 12.3. The first-order valence-corrected chi connectivity index (χ1v) is 11.7. The Kier molecular flexibility index (Phi) is 14.6. The molecule has 2 aromatic rings. The molecule has 2 aromatic carbocycles. The maximum atomic E-state index is 8.87. The second-order valence-corrected chi connectivity index (χ2v) is 7.68. The summed E-state index contributed by atoms with van der Waals surface area (Å²) in [7, 11) is 0. The molecule has 0 aromatic heterocycles. The summed E-state index contributed by atoms with van der Waals surface area (Å²) in [5, 5.41) is 8.87. The molecular formula is C26H40N2O4. The molecule has 0 atom stereocenters. The first-order valence-electron chi connectivity index (χ1n) is 11.7. The van der Waals surface area contributed by atoms with Crippen LogP contribution in [0.25, 0.3) is 0 Å². The van der Waals surface area contributed by atoms with E-state index in [2.05, 4.69) is 71.3 Å². The Morgan fingerprint density at radius 1 is 0.594 bits per heavy atom. The van der Waals surface area contributed by atoms with Crippen LogP contribution in [0, 0.1) is 0 Å². The van der Waals surface area contributed by atoms with Crippen LogP contribution in [-0.4, -0.2) is 87.3 Å². The number of ether oxygens (including phenoxy) is 3. The van der Waals surface area contributed by atoms with Gasteiger partial charge in [0.15, 0.2) is 0 Å². The van der Waals surface area contributed by atoms with E-state index in [-0.39, 0.29) is 6.61 Å². The van der Waals surface area contributed by atoms with E-state index in [0.717, 1.165) is 39.3 Å². The van der Waals surface area contributed by atoms with E-state index in [9.17, 15) is 0 Å². The third-order valence-electron chi connectivity index (χ3n) is 5.21. The fraction of sp³-hybridized carbons (Fsp3) is 0.538. The van der Waals surface area contributed by atoms with Gasteiger partial charge in [-0.1, -0.05) is 67.6 Å². The van der Waals surface area contributed by atoms with Gasteiger partial charge < -0.3 is 19.3 Å². The molecule has 6 nitrogen and oxygen atoms in total. The van der Waals surface area contributed by atoms with Gasteiger partial charge in [0.05, 0.1) is 46.2 Å². The molecule has 0 amide bonds. The molecule has 0 unspecified atom stereocenters. The second kappa shape index (κ2) is 17.7. The van der Waals surface area contributed by atoms with Crippen LogP contribution < -0.4 is 0 Å². The molecule has 0 spiro atoms. The minimum absolute atomic E-state index is 0.0596. The third-order valence-corrected chi connectivity index (χ3v) is 5.21. The van der Waals surface area contributed by atoms with Gasteiger partial charge in [0.25, 0.3) is 0 Å². The molecule has 0 aliphatic heterocycles. The van der Waals surface area contributed by atoms with Crippen LogP contribution in [0.3, 0.4) is 0 Å². The quantitative estimate of drug-likeness (QED) is 0.336. The zero-order valence-corrected chi connectivity index (χ0v) is 19.5. The van der Waals surface area contributed by atoms with Gasteiger partial charge in [0.2, 0.25) is 0 Å². The maximum absolute atomic E-state index is 8.87. The zero-order valence-electron chi connectivity index (χ0n) is 19.5. The summed E-state index contributed by atoms with van der Waals surface area (Å²) in [6, 6.07) is 21.0. The lowest BCUT2D eigenvalue weighted by molar-refractivity contribution is 0.0244. The molecule has 0 saturated carbocycles. The fourth-order valence-corrected chi connectivity index (χ4v) is 3.37. The van der Waals surface area contributed by atoms with E-state index in [4.69, 9.17) is 19.3 Å². The zero-order chi connectivity index (χ0) is 22.7.